The van der Waals surface area contributed by atoms with E-state index in [2.05, 4.69) is 288 Å². The maximum absolute atomic E-state index is 2.61. The Hall–Kier alpha value is -7.47. The lowest BCUT2D eigenvalue weighted by Crippen LogP contribution is -2.10. The van der Waals surface area contributed by atoms with Crippen LogP contribution in [0.25, 0.3) is 71.7 Å². The SMILES string of the molecule is C/C=C(\C=C/C(I)c1ccccc1-n1c2ccccc2c2ccc(-c3cccc4ccccc34)cc21)c1ccc(N(c2ccc(C3=CCCC=C3)cc2)c2ccc(-c3ccccc3)cc2)cc1. The van der Waals surface area contributed by atoms with Gasteiger partial charge in [0, 0.05) is 27.8 Å². The molecule has 10 aromatic rings. The van der Waals surface area contributed by atoms with Crippen LogP contribution in [0.5, 0.6) is 0 Å². The van der Waals surface area contributed by atoms with Gasteiger partial charge < -0.3 is 9.47 Å². The fraction of sp³-hybridized carbons (Fsp3) is 0.0625. The lowest BCUT2D eigenvalue weighted by atomic mass is 9.97. The van der Waals surface area contributed by atoms with Crippen molar-refractivity contribution in [1.82, 2.24) is 4.57 Å². The van der Waals surface area contributed by atoms with Gasteiger partial charge in [0.15, 0.2) is 0 Å². The lowest BCUT2D eigenvalue weighted by Gasteiger charge is -2.26. The fourth-order valence-corrected chi connectivity index (χ4v) is 10.5. The van der Waals surface area contributed by atoms with Crippen molar-refractivity contribution in [2.24, 2.45) is 0 Å². The molecule has 1 unspecified atom stereocenters. The van der Waals surface area contributed by atoms with E-state index in [0.29, 0.717) is 0 Å². The van der Waals surface area contributed by atoms with E-state index in [1.54, 1.807) is 0 Å². The van der Waals surface area contributed by atoms with Crippen molar-refractivity contribution >= 4 is 83.4 Å². The van der Waals surface area contributed by atoms with Crippen LogP contribution in [0.1, 0.15) is 40.4 Å². The van der Waals surface area contributed by atoms with Crippen molar-refractivity contribution in [3.63, 3.8) is 0 Å². The van der Waals surface area contributed by atoms with Crippen molar-refractivity contribution in [2.75, 3.05) is 4.90 Å². The van der Waals surface area contributed by atoms with Crippen LogP contribution < -0.4 is 4.90 Å². The Morgan fingerprint density at radius 2 is 1.15 bits per heavy atom. The highest BCUT2D eigenvalue weighted by Crippen LogP contribution is 2.41. The summed E-state index contributed by atoms with van der Waals surface area (Å²) in [6.45, 7) is 2.13. The summed E-state index contributed by atoms with van der Waals surface area (Å²) in [5, 5.41) is 5.02. The zero-order chi connectivity index (χ0) is 45.1. The molecule has 0 N–H and O–H groups in total. The van der Waals surface area contributed by atoms with Gasteiger partial charge in [-0.3, -0.25) is 0 Å². The zero-order valence-electron chi connectivity index (χ0n) is 37.4. The van der Waals surface area contributed by atoms with Gasteiger partial charge in [0.25, 0.3) is 0 Å². The molecule has 9 aromatic carbocycles. The Kier molecular flexibility index (Phi) is 11.8. The van der Waals surface area contributed by atoms with E-state index in [1.165, 1.54) is 88.4 Å². The second kappa shape index (κ2) is 18.8. The maximum Gasteiger partial charge on any atom is 0.0563 e. The molecular formula is C64H49IN2. The first-order valence-corrected chi connectivity index (χ1v) is 24.5. The van der Waals surface area contributed by atoms with Crippen molar-refractivity contribution in [3.8, 4) is 27.9 Å². The van der Waals surface area contributed by atoms with E-state index in [0.717, 1.165) is 29.9 Å². The van der Waals surface area contributed by atoms with Crippen molar-refractivity contribution in [3.05, 3.63) is 265 Å². The predicted molar refractivity (Wildman–Crippen MR) is 296 cm³/mol. The largest absolute Gasteiger partial charge is 0.311 e. The molecule has 67 heavy (non-hydrogen) atoms. The molecule has 0 amide bonds. The van der Waals surface area contributed by atoms with Gasteiger partial charge in [0.2, 0.25) is 0 Å². The summed E-state index contributed by atoms with van der Waals surface area (Å²) in [5.41, 5.74) is 18.0. The molecule has 1 atom stereocenters. The average molecular weight is 973 g/mol. The Morgan fingerprint density at radius 1 is 0.537 bits per heavy atom. The van der Waals surface area contributed by atoms with Crippen LogP contribution >= 0.6 is 22.6 Å². The second-order valence-electron chi connectivity index (χ2n) is 17.2. The molecule has 0 radical (unpaired) electrons. The Labute approximate surface area is 407 Å². The quantitative estimate of drug-likeness (QED) is 0.0712. The van der Waals surface area contributed by atoms with Crippen LogP contribution in [-0.4, -0.2) is 4.57 Å². The maximum atomic E-state index is 2.61. The average Bonchev–Trinajstić information content (AvgIpc) is 3.73. The third kappa shape index (κ3) is 8.37. The molecule has 0 bridgehead atoms. The summed E-state index contributed by atoms with van der Waals surface area (Å²) in [6.07, 6.45) is 15.9. The van der Waals surface area contributed by atoms with E-state index in [-0.39, 0.29) is 3.92 Å². The van der Waals surface area contributed by atoms with Gasteiger partial charge in [-0.1, -0.05) is 217 Å². The first-order valence-electron chi connectivity index (χ1n) is 23.2. The number of halogens is 1. The number of allylic oxidation sites excluding steroid dienone is 8. The predicted octanol–water partition coefficient (Wildman–Crippen LogP) is 18.6. The number of benzene rings is 9. The molecule has 0 saturated heterocycles. The third-order valence-corrected chi connectivity index (χ3v) is 14.2. The van der Waals surface area contributed by atoms with Gasteiger partial charge in [-0.15, -0.1) is 0 Å². The molecule has 0 fully saturated rings. The zero-order valence-corrected chi connectivity index (χ0v) is 39.6. The highest BCUT2D eigenvalue weighted by Gasteiger charge is 2.19. The molecule has 1 aliphatic carbocycles. The summed E-state index contributed by atoms with van der Waals surface area (Å²) < 4.78 is 2.58. The summed E-state index contributed by atoms with van der Waals surface area (Å²) in [4.78, 5) is 2.36. The molecule has 1 aromatic heterocycles. The summed E-state index contributed by atoms with van der Waals surface area (Å²) in [5.74, 6) is 0. The standard InChI is InChI=1S/C64H49IN2/c1-2-45(48-28-36-53(37-29-48)66(54-38-30-49(31-39-54)46-16-5-3-6-17-46)55-40-32-50(33-41-55)47-18-7-4-8-19-47)35-43-61(65)60-24-12-14-27-63(60)67-62-26-13-11-23-58(62)59-42-34-52(44-64(59)67)57-25-15-21-51-20-9-10-22-56(51)57/h2-3,5-7,9-44,61H,4,8H2,1H3/b43-35-,45-2+. The minimum absolute atomic E-state index is 0.109. The van der Waals surface area contributed by atoms with Gasteiger partial charge in [-0.05, 0) is 135 Å². The number of hydrogen-bond acceptors (Lipinski definition) is 1. The highest BCUT2D eigenvalue weighted by atomic mass is 127. The van der Waals surface area contributed by atoms with Crippen LogP contribution in [0.3, 0.4) is 0 Å². The van der Waals surface area contributed by atoms with E-state index >= 15 is 0 Å². The van der Waals surface area contributed by atoms with Gasteiger partial charge in [-0.25, -0.2) is 0 Å². The fourth-order valence-electron chi connectivity index (χ4n) is 9.76. The third-order valence-electron chi connectivity index (χ3n) is 13.2. The monoisotopic (exact) mass is 972 g/mol. The van der Waals surface area contributed by atoms with E-state index in [1.807, 2.05) is 0 Å². The Bertz CT molecular complexity index is 3510. The number of fused-ring (bicyclic) bond motifs is 4. The number of nitrogens with zero attached hydrogens (tertiary/aromatic N) is 2. The number of rotatable bonds is 11. The number of para-hydroxylation sites is 2. The van der Waals surface area contributed by atoms with Crippen LogP contribution in [0.15, 0.2) is 249 Å². The molecule has 1 heterocycles. The number of aromatic nitrogens is 1. The minimum atomic E-state index is 0.109. The molecule has 2 nitrogen and oxygen atoms in total. The van der Waals surface area contributed by atoms with Gasteiger partial charge in [0.05, 0.1) is 20.6 Å². The highest BCUT2D eigenvalue weighted by molar-refractivity contribution is 14.1. The summed E-state index contributed by atoms with van der Waals surface area (Å²) in [6, 6.07) is 77.5. The minimum Gasteiger partial charge on any atom is -0.311 e. The van der Waals surface area contributed by atoms with Gasteiger partial charge in [0.1, 0.15) is 0 Å². The molecule has 0 spiro atoms. The second-order valence-corrected chi connectivity index (χ2v) is 18.5. The smallest absolute Gasteiger partial charge is 0.0563 e. The van der Waals surface area contributed by atoms with E-state index in [9.17, 15) is 0 Å². The van der Waals surface area contributed by atoms with Gasteiger partial charge >= 0.3 is 0 Å². The molecule has 1 aliphatic rings. The number of hydrogen-bond donors (Lipinski definition) is 0. The Morgan fingerprint density at radius 3 is 1.90 bits per heavy atom. The number of alkyl halides is 1. The van der Waals surface area contributed by atoms with E-state index < -0.39 is 0 Å². The van der Waals surface area contributed by atoms with Crippen LogP contribution in [0.4, 0.5) is 17.1 Å². The van der Waals surface area contributed by atoms with Crippen molar-refractivity contribution in [2.45, 2.75) is 23.7 Å². The molecule has 3 heteroatoms. The summed E-state index contributed by atoms with van der Waals surface area (Å²) >= 11 is 2.61. The molecular weight excluding hydrogens is 924 g/mol. The topological polar surface area (TPSA) is 8.17 Å². The van der Waals surface area contributed by atoms with Crippen LogP contribution in [0.2, 0.25) is 0 Å². The van der Waals surface area contributed by atoms with Gasteiger partial charge in [-0.2, -0.15) is 0 Å². The van der Waals surface area contributed by atoms with E-state index in [4.69, 9.17) is 0 Å². The number of anilines is 3. The molecule has 322 valence electrons. The molecule has 0 aliphatic heterocycles. The molecule has 11 rings (SSSR count). The first kappa shape index (κ1) is 42.2. The van der Waals surface area contributed by atoms with Crippen molar-refractivity contribution in [1.29, 1.82) is 0 Å². The van der Waals surface area contributed by atoms with Crippen LogP contribution in [-0.2, 0) is 0 Å². The van der Waals surface area contributed by atoms with Crippen LogP contribution in [0, 0.1) is 0 Å². The first-order chi connectivity index (χ1) is 33.1. The molecule has 0 saturated carbocycles. The van der Waals surface area contributed by atoms with Crippen molar-refractivity contribution < 1.29 is 0 Å². The normalized spacial score (nSPS) is 13.4. The Balaban J connectivity index is 0.909. The summed E-state index contributed by atoms with van der Waals surface area (Å²) in [7, 11) is 0. The lowest BCUT2D eigenvalue weighted by molar-refractivity contribution is 1.04.